The Kier molecular flexibility index (Phi) is 5.64. The van der Waals surface area contributed by atoms with E-state index in [2.05, 4.69) is 15.0 Å². The first-order valence-electron chi connectivity index (χ1n) is 5.84. The second kappa shape index (κ2) is 6.78. The lowest BCUT2D eigenvalue weighted by atomic mass is 10.2. The Morgan fingerprint density at radius 2 is 2.16 bits per heavy atom. The van der Waals surface area contributed by atoms with E-state index in [1.165, 1.54) is 0 Å². The topological polar surface area (TPSA) is 97.1 Å². The lowest BCUT2D eigenvalue weighted by Crippen LogP contribution is -2.29. The van der Waals surface area contributed by atoms with Crippen LogP contribution in [0.15, 0.2) is 12.1 Å². The van der Waals surface area contributed by atoms with Crippen molar-refractivity contribution < 1.29 is 8.42 Å². The van der Waals surface area contributed by atoms with Crippen molar-refractivity contribution in [2.75, 3.05) is 24.2 Å². The van der Waals surface area contributed by atoms with Gasteiger partial charge in [0.15, 0.2) is 0 Å². The summed E-state index contributed by atoms with van der Waals surface area (Å²) >= 11 is 4.93. The molecule has 0 atom stereocenters. The van der Waals surface area contributed by atoms with Gasteiger partial charge in [-0.25, -0.2) is 18.1 Å². The maximum absolute atomic E-state index is 11.5. The van der Waals surface area contributed by atoms with Gasteiger partial charge in [-0.15, -0.1) is 0 Å². The van der Waals surface area contributed by atoms with Gasteiger partial charge in [-0.2, -0.15) is 0 Å². The van der Waals surface area contributed by atoms with Crippen LogP contribution in [0.4, 0.5) is 5.82 Å². The summed E-state index contributed by atoms with van der Waals surface area (Å²) in [6.45, 7) is 4.19. The van der Waals surface area contributed by atoms with Gasteiger partial charge in [-0.1, -0.05) is 19.1 Å². The Balaban J connectivity index is 2.73. The SMILES string of the molecule is CCNS(=O)(=O)CCNc1nc(C)ccc1C(N)=S. The first-order chi connectivity index (χ1) is 8.85. The molecule has 4 N–H and O–H groups in total. The maximum Gasteiger partial charge on any atom is 0.213 e. The van der Waals surface area contributed by atoms with E-state index in [0.29, 0.717) is 17.9 Å². The Morgan fingerprint density at radius 1 is 1.47 bits per heavy atom. The lowest BCUT2D eigenvalue weighted by molar-refractivity contribution is 0.584. The second-order valence-corrected chi connectivity index (χ2v) is 6.32. The van der Waals surface area contributed by atoms with Crippen molar-refractivity contribution in [2.45, 2.75) is 13.8 Å². The zero-order valence-electron chi connectivity index (χ0n) is 10.9. The smallest absolute Gasteiger partial charge is 0.213 e. The molecule has 0 aliphatic heterocycles. The Morgan fingerprint density at radius 3 is 2.74 bits per heavy atom. The summed E-state index contributed by atoms with van der Waals surface area (Å²) in [4.78, 5) is 4.49. The molecule has 1 heterocycles. The summed E-state index contributed by atoms with van der Waals surface area (Å²) in [5.74, 6) is 0.479. The van der Waals surface area contributed by atoms with Gasteiger partial charge in [0.2, 0.25) is 10.0 Å². The van der Waals surface area contributed by atoms with Crippen molar-refractivity contribution in [2.24, 2.45) is 5.73 Å². The van der Waals surface area contributed by atoms with Crippen LogP contribution in [0.2, 0.25) is 0 Å². The zero-order chi connectivity index (χ0) is 14.5. The van der Waals surface area contributed by atoms with E-state index in [0.717, 1.165) is 5.69 Å². The van der Waals surface area contributed by atoms with Crippen LogP contribution >= 0.6 is 12.2 Å². The van der Waals surface area contributed by atoms with Crippen LogP contribution in [0.25, 0.3) is 0 Å². The summed E-state index contributed by atoms with van der Waals surface area (Å²) in [6, 6.07) is 3.57. The van der Waals surface area contributed by atoms with Crippen LogP contribution in [0.3, 0.4) is 0 Å². The fourth-order valence-corrected chi connectivity index (χ4v) is 2.61. The van der Waals surface area contributed by atoms with E-state index in [4.69, 9.17) is 18.0 Å². The monoisotopic (exact) mass is 302 g/mol. The number of rotatable bonds is 7. The molecule has 6 nitrogen and oxygen atoms in total. The van der Waals surface area contributed by atoms with E-state index < -0.39 is 10.0 Å². The van der Waals surface area contributed by atoms with Crippen LogP contribution in [-0.2, 0) is 10.0 Å². The number of anilines is 1. The maximum atomic E-state index is 11.5. The third-order valence-corrected chi connectivity index (χ3v) is 4.02. The van der Waals surface area contributed by atoms with Gasteiger partial charge < -0.3 is 11.1 Å². The quantitative estimate of drug-likeness (QED) is 0.630. The van der Waals surface area contributed by atoms with Gasteiger partial charge in [0.1, 0.15) is 10.8 Å². The summed E-state index contributed by atoms with van der Waals surface area (Å²) in [5, 5.41) is 2.95. The van der Waals surface area contributed by atoms with E-state index in [1.807, 2.05) is 6.92 Å². The molecule has 8 heteroatoms. The third-order valence-electron chi connectivity index (χ3n) is 2.33. The molecule has 0 bridgehead atoms. The predicted molar refractivity (Wildman–Crippen MR) is 80.8 cm³/mol. The Bertz CT molecular complexity index is 558. The molecule has 0 aliphatic rings. The molecule has 19 heavy (non-hydrogen) atoms. The number of nitrogens with one attached hydrogen (secondary N) is 2. The van der Waals surface area contributed by atoms with Crippen molar-refractivity contribution in [3.63, 3.8) is 0 Å². The lowest BCUT2D eigenvalue weighted by Gasteiger charge is -2.11. The summed E-state index contributed by atoms with van der Waals surface area (Å²) < 4.78 is 25.4. The highest BCUT2D eigenvalue weighted by Crippen LogP contribution is 2.13. The van der Waals surface area contributed by atoms with E-state index in [-0.39, 0.29) is 17.3 Å². The molecule has 0 unspecified atom stereocenters. The summed E-state index contributed by atoms with van der Waals surface area (Å²) in [6.07, 6.45) is 0. The van der Waals surface area contributed by atoms with E-state index >= 15 is 0 Å². The number of hydrogen-bond donors (Lipinski definition) is 3. The number of aromatic nitrogens is 1. The zero-order valence-corrected chi connectivity index (χ0v) is 12.6. The summed E-state index contributed by atoms with van der Waals surface area (Å²) in [5.41, 5.74) is 7.01. The molecule has 0 amide bonds. The fourth-order valence-electron chi connectivity index (χ4n) is 1.49. The average Bonchev–Trinajstić information content (AvgIpc) is 2.28. The first kappa shape index (κ1) is 15.8. The number of nitrogens with zero attached hydrogens (tertiary/aromatic N) is 1. The van der Waals surface area contributed by atoms with Gasteiger partial charge in [-0.3, -0.25) is 0 Å². The molecule has 1 aromatic heterocycles. The molecule has 0 saturated heterocycles. The van der Waals surface area contributed by atoms with Crippen LogP contribution < -0.4 is 15.8 Å². The van der Waals surface area contributed by atoms with Gasteiger partial charge in [0, 0.05) is 18.8 Å². The highest BCUT2D eigenvalue weighted by Gasteiger charge is 2.10. The van der Waals surface area contributed by atoms with Gasteiger partial charge >= 0.3 is 0 Å². The molecule has 0 radical (unpaired) electrons. The predicted octanol–water partition coefficient (Wildman–Crippen LogP) is 0.375. The molecule has 0 fully saturated rings. The third kappa shape index (κ3) is 5.09. The molecule has 0 saturated carbocycles. The molecule has 1 aromatic rings. The van der Waals surface area contributed by atoms with Crippen molar-refractivity contribution in [3.8, 4) is 0 Å². The van der Waals surface area contributed by atoms with E-state index in [1.54, 1.807) is 19.1 Å². The number of nitrogens with two attached hydrogens (primary N) is 1. The highest BCUT2D eigenvalue weighted by molar-refractivity contribution is 7.89. The minimum atomic E-state index is -3.25. The normalized spacial score (nSPS) is 11.3. The van der Waals surface area contributed by atoms with Crippen LogP contribution in [0.1, 0.15) is 18.2 Å². The van der Waals surface area contributed by atoms with Gasteiger partial charge in [0.25, 0.3) is 0 Å². The Labute approximate surface area is 118 Å². The fraction of sp³-hybridized carbons (Fsp3) is 0.455. The van der Waals surface area contributed by atoms with Crippen molar-refractivity contribution in [3.05, 3.63) is 23.4 Å². The van der Waals surface area contributed by atoms with Crippen LogP contribution in [-0.4, -0.2) is 37.2 Å². The van der Waals surface area contributed by atoms with E-state index in [9.17, 15) is 8.42 Å². The first-order valence-corrected chi connectivity index (χ1v) is 7.90. The number of pyridine rings is 1. The standard InChI is InChI=1S/C11H18N4O2S2/c1-3-14-19(16,17)7-6-13-11-9(10(12)18)5-4-8(2)15-11/h4-5,14H,3,6-7H2,1-2H3,(H2,12,18)(H,13,15). The minimum absolute atomic E-state index is 0.0345. The highest BCUT2D eigenvalue weighted by atomic mass is 32.2. The molecule has 0 aromatic carbocycles. The van der Waals surface area contributed by atoms with Crippen LogP contribution in [0, 0.1) is 6.92 Å². The van der Waals surface area contributed by atoms with Crippen molar-refractivity contribution in [1.82, 2.24) is 9.71 Å². The van der Waals surface area contributed by atoms with Gasteiger partial charge in [-0.05, 0) is 19.1 Å². The van der Waals surface area contributed by atoms with Crippen LogP contribution in [0.5, 0.6) is 0 Å². The largest absolute Gasteiger partial charge is 0.389 e. The number of aryl methyl sites for hydroxylation is 1. The molecule has 0 spiro atoms. The van der Waals surface area contributed by atoms with Crippen molar-refractivity contribution >= 4 is 33.0 Å². The molecule has 1 rings (SSSR count). The minimum Gasteiger partial charge on any atom is -0.389 e. The average molecular weight is 302 g/mol. The number of hydrogen-bond acceptors (Lipinski definition) is 5. The van der Waals surface area contributed by atoms with Crippen molar-refractivity contribution in [1.29, 1.82) is 0 Å². The number of thiocarbonyl (C=S) groups is 1. The summed E-state index contributed by atoms with van der Waals surface area (Å²) in [7, 11) is -3.25. The molecule has 106 valence electrons. The molecular weight excluding hydrogens is 284 g/mol. The Hall–Kier alpha value is -1.25. The number of sulfonamides is 1. The second-order valence-electron chi connectivity index (χ2n) is 3.96. The van der Waals surface area contributed by atoms with Gasteiger partial charge in [0.05, 0.1) is 11.3 Å². The molecular formula is C11H18N4O2S2. The molecule has 0 aliphatic carbocycles.